The number of aromatic nitrogens is 1. The smallest absolute Gasteiger partial charge is 0.0553 e. The summed E-state index contributed by atoms with van der Waals surface area (Å²) in [6.45, 7) is 0. The van der Waals surface area contributed by atoms with Gasteiger partial charge in [-0.1, -0.05) is 188 Å². The Morgan fingerprint density at radius 3 is 1.37 bits per heavy atom. The molecular weight excluding hydrogens is 687 g/mol. The molecule has 57 heavy (non-hydrogen) atoms. The van der Waals surface area contributed by atoms with E-state index in [2.05, 4.69) is 217 Å². The highest BCUT2D eigenvalue weighted by atomic mass is 15.0. The van der Waals surface area contributed by atoms with Crippen LogP contribution in [-0.2, 0) is 0 Å². The molecule has 0 aliphatic heterocycles. The Bertz CT molecular complexity index is 3500. The molecule has 0 spiro atoms. The van der Waals surface area contributed by atoms with E-state index in [4.69, 9.17) is 0 Å². The van der Waals surface area contributed by atoms with Crippen molar-refractivity contribution in [2.24, 2.45) is 0 Å². The van der Waals surface area contributed by atoms with Gasteiger partial charge in [0.15, 0.2) is 0 Å². The first-order chi connectivity index (χ1) is 28.3. The van der Waals surface area contributed by atoms with Crippen molar-refractivity contribution in [1.29, 1.82) is 0 Å². The second-order valence-electron chi connectivity index (χ2n) is 15.1. The molecule has 12 aromatic rings. The number of para-hydroxylation sites is 1. The van der Waals surface area contributed by atoms with Crippen molar-refractivity contribution in [3.63, 3.8) is 0 Å². The number of hydrogen-bond donors (Lipinski definition) is 0. The van der Waals surface area contributed by atoms with E-state index in [1.54, 1.807) is 0 Å². The number of rotatable bonds is 4. The van der Waals surface area contributed by atoms with Gasteiger partial charge in [-0.05, 0) is 112 Å². The molecule has 0 amide bonds. The lowest BCUT2D eigenvalue weighted by atomic mass is 9.83. The Kier molecular flexibility index (Phi) is 7.00. The quantitative estimate of drug-likeness (QED) is 0.160. The Hall–Kier alpha value is -7.48. The first kappa shape index (κ1) is 31.8. The molecule has 1 nitrogen and oxygen atoms in total. The van der Waals surface area contributed by atoms with Crippen molar-refractivity contribution < 1.29 is 0 Å². The van der Waals surface area contributed by atoms with Gasteiger partial charge in [-0.25, -0.2) is 0 Å². The summed E-state index contributed by atoms with van der Waals surface area (Å²) in [6.07, 6.45) is 0. The van der Waals surface area contributed by atoms with E-state index in [1.807, 2.05) is 0 Å². The van der Waals surface area contributed by atoms with Crippen LogP contribution in [0.15, 0.2) is 212 Å². The van der Waals surface area contributed by atoms with Gasteiger partial charge in [0, 0.05) is 16.5 Å². The zero-order chi connectivity index (χ0) is 37.5. The molecule has 1 heterocycles. The summed E-state index contributed by atoms with van der Waals surface area (Å²) in [7, 11) is 0. The maximum Gasteiger partial charge on any atom is 0.0553 e. The lowest BCUT2D eigenvalue weighted by molar-refractivity contribution is 1.18. The summed E-state index contributed by atoms with van der Waals surface area (Å²) in [5.41, 5.74) is 11.1. The first-order valence-corrected chi connectivity index (χ1v) is 19.8. The highest BCUT2D eigenvalue weighted by molar-refractivity contribution is 6.31. The summed E-state index contributed by atoms with van der Waals surface area (Å²) >= 11 is 0. The zero-order valence-corrected chi connectivity index (χ0v) is 31.2. The Balaban J connectivity index is 1.19. The zero-order valence-electron chi connectivity index (χ0n) is 31.2. The van der Waals surface area contributed by atoms with Crippen molar-refractivity contribution in [3.05, 3.63) is 212 Å². The van der Waals surface area contributed by atoms with Crippen molar-refractivity contribution in [2.75, 3.05) is 0 Å². The van der Waals surface area contributed by atoms with E-state index in [1.165, 1.54) is 109 Å². The number of benzene rings is 11. The van der Waals surface area contributed by atoms with Gasteiger partial charge in [-0.2, -0.15) is 0 Å². The van der Waals surface area contributed by atoms with Crippen LogP contribution in [0.4, 0.5) is 0 Å². The molecule has 0 bridgehead atoms. The van der Waals surface area contributed by atoms with Crippen molar-refractivity contribution in [3.8, 4) is 39.1 Å². The SMILES string of the molecule is c1ccc(-c2c3ccccc3c(-c3ccc(-c4cc5c(c6ccccc46)c4c6ccccc6ccc4n5-c4ccccc4)c4ccccc34)c3ccccc23)cc1. The molecule has 0 fully saturated rings. The van der Waals surface area contributed by atoms with Crippen LogP contribution < -0.4 is 0 Å². The predicted molar refractivity (Wildman–Crippen MR) is 245 cm³/mol. The molecule has 0 aliphatic rings. The van der Waals surface area contributed by atoms with Crippen LogP contribution in [0.1, 0.15) is 0 Å². The van der Waals surface area contributed by atoms with Gasteiger partial charge >= 0.3 is 0 Å². The average Bonchev–Trinajstić information content (AvgIpc) is 3.63. The summed E-state index contributed by atoms with van der Waals surface area (Å²) in [5.74, 6) is 0. The second-order valence-corrected chi connectivity index (χ2v) is 15.1. The van der Waals surface area contributed by atoms with Crippen LogP contribution in [0.5, 0.6) is 0 Å². The third kappa shape index (κ3) is 4.70. The fourth-order valence-electron chi connectivity index (χ4n) is 9.80. The summed E-state index contributed by atoms with van der Waals surface area (Å²) in [5, 5.41) is 15.2. The summed E-state index contributed by atoms with van der Waals surface area (Å²) in [6, 6.07) is 78.2. The molecule has 0 saturated carbocycles. The van der Waals surface area contributed by atoms with E-state index in [9.17, 15) is 0 Å². The maximum atomic E-state index is 2.47. The van der Waals surface area contributed by atoms with Crippen LogP contribution in [0, 0.1) is 0 Å². The molecule has 0 saturated heterocycles. The van der Waals surface area contributed by atoms with Crippen molar-refractivity contribution in [2.45, 2.75) is 0 Å². The van der Waals surface area contributed by atoms with E-state index in [-0.39, 0.29) is 0 Å². The predicted octanol–water partition coefficient (Wildman–Crippen LogP) is 15.6. The molecule has 0 unspecified atom stereocenters. The monoisotopic (exact) mass is 721 g/mol. The van der Waals surface area contributed by atoms with Gasteiger partial charge in [0.05, 0.1) is 11.0 Å². The molecule has 0 atom stereocenters. The first-order valence-electron chi connectivity index (χ1n) is 19.8. The number of nitrogens with zero attached hydrogens (tertiary/aromatic N) is 1. The number of hydrogen-bond acceptors (Lipinski definition) is 0. The lowest BCUT2D eigenvalue weighted by Crippen LogP contribution is -1.95. The summed E-state index contributed by atoms with van der Waals surface area (Å²) in [4.78, 5) is 0. The van der Waals surface area contributed by atoms with Crippen LogP contribution in [0.2, 0.25) is 0 Å². The maximum absolute atomic E-state index is 2.47. The van der Waals surface area contributed by atoms with Gasteiger partial charge < -0.3 is 4.57 Å². The highest BCUT2D eigenvalue weighted by Crippen LogP contribution is 2.49. The lowest BCUT2D eigenvalue weighted by Gasteiger charge is -2.20. The van der Waals surface area contributed by atoms with E-state index in [0.717, 1.165) is 5.69 Å². The largest absolute Gasteiger partial charge is 0.309 e. The normalized spacial score (nSPS) is 11.9. The van der Waals surface area contributed by atoms with E-state index in [0.29, 0.717) is 0 Å². The molecule has 0 aliphatic carbocycles. The molecule has 0 radical (unpaired) electrons. The fourth-order valence-corrected chi connectivity index (χ4v) is 9.80. The highest BCUT2D eigenvalue weighted by Gasteiger charge is 2.22. The minimum atomic E-state index is 1.16. The molecule has 264 valence electrons. The third-order valence-corrected chi connectivity index (χ3v) is 12.2. The molecule has 0 N–H and O–H groups in total. The van der Waals surface area contributed by atoms with Crippen molar-refractivity contribution >= 4 is 75.7 Å². The van der Waals surface area contributed by atoms with Gasteiger partial charge in [-0.15, -0.1) is 0 Å². The fraction of sp³-hybridized carbons (Fsp3) is 0. The van der Waals surface area contributed by atoms with Crippen LogP contribution >= 0.6 is 0 Å². The van der Waals surface area contributed by atoms with Crippen molar-refractivity contribution in [1.82, 2.24) is 4.57 Å². The topological polar surface area (TPSA) is 4.93 Å². The Morgan fingerprint density at radius 1 is 0.263 bits per heavy atom. The number of fused-ring (bicyclic) bond motifs is 10. The summed E-state index contributed by atoms with van der Waals surface area (Å²) < 4.78 is 2.47. The van der Waals surface area contributed by atoms with Gasteiger partial charge in [0.25, 0.3) is 0 Å². The minimum absolute atomic E-state index is 1.16. The van der Waals surface area contributed by atoms with E-state index >= 15 is 0 Å². The third-order valence-electron chi connectivity index (χ3n) is 12.2. The van der Waals surface area contributed by atoms with Crippen LogP contribution in [0.3, 0.4) is 0 Å². The van der Waals surface area contributed by atoms with E-state index < -0.39 is 0 Å². The average molecular weight is 722 g/mol. The molecule has 11 aromatic carbocycles. The van der Waals surface area contributed by atoms with Gasteiger partial charge in [-0.3, -0.25) is 0 Å². The Labute approximate surface area is 330 Å². The van der Waals surface area contributed by atoms with Crippen LogP contribution in [-0.4, -0.2) is 4.57 Å². The Morgan fingerprint density at radius 2 is 0.719 bits per heavy atom. The molecule has 1 aromatic heterocycles. The van der Waals surface area contributed by atoms with Crippen LogP contribution in [0.25, 0.3) is 115 Å². The molecular formula is C56H35N. The second kappa shape index (κ2) is 12.5. The van der Waals surface area contributed by atoms with Gasteiger partial charge in [0.1, 0.15) is 0 Å². The standard InChI is InChI=1S/C56H35N/c1-3-18-37(19-4-1)53-45-27-13-15-29-47(45)54(48-30-16-14-28-46(48)53)49-33-32-43(40-23-9-10-24-41(40)49)50-35-52-56(44-26-12-11-25-42(44)50)55-39-22-8-7-17-36(39)31-34-51(55)57(52)38-20-5-2-6-21-38/h1-35H. The minimum Gasteiger partial charge on any atom is -0.309 e. The molecule has 12 rings (SSSR count). The molecule has 1 heteroatoms. The van der Waals surface area contributed by atoms with Gasteiger partial charge in [0.2, 0.25) is 0 Å².